The van der Waals surface area contributed by atoms with Crippen molar-refractivity contribution < 1.29 is 4.74 Å². The van der Waals surface area contributed by atoms with Crippen LogP contribution in [0.4, 0.5) is 0 Å². The highest BCUT2D eigenvalue weighted by molar-refractivity contribution is 5.15. The Morgan fingerprint density at radius 3 is 2.58 bits per heavy atom. The number of hydrogen-bond donors (Lipinski definition) is 0. The molecule has 0 spiro atoms. The van der Waals surface area contributed by atoms with E-state index in [1.165, 1.54) is 0 Å². The van der Waals surface area contributed by atoms with E-state index >= 15 is 0 Å². The zero-order valence-electron chi connectivity index (χ0n) is 8.26. The monoisotopic (exact) mass is 166 g/mol. The molecule has 1 rings (SSSR count). The lowest BCUT2D eigenvalue weighted by Crippen LogP contribution is -2.14. The molecule has 0 aliphatic heterocycles. The minimum Gasteiger partial charge on any atom is -0.493 e. The molecule has 68 valence electrons. The average Bonchev–Trinajstić information content (AvgIpc) is 2.02. The second-order valence-corrected chi connectivity index (χ2v) is 4.44. The van der Waals surface area contributed by atoms with Crippen molar-refractivity contribution >= 4 is 0 Å². The van der Waals surface area contributed by atoms with Gasteiger partial charge in [0, 0.05) is 0 Å². The maximum Gasteiger partial charge on any atom is 0.115 e. The molecule has 1 nitrogen and oxygen atoms in total. The van der Waals surface area contributed by atoms with E-state index in [2.05, 4.69) is 39.0 Å². The summed E-state index contributed by atoms with van der Waals surface area (Å²) in [5.41, 5.74) is 0.256. The van der Waals surface area contributed by atoms with E-state index in [4.69, 9.17) is 4.74 Å². The summed E-state index contributed by atoms with van der Waals surface area (Å²) in [5.74, 6) is 1.04. The predicted molar refractivity (Wildman–Crippen MR) is 51.9 cm³/mol. The highest BCUT2D eigenvalue weighted by atomic mass is 16.5. The Morgan fingerprint density at radius 1 is 1.33 bits per heavy atom. The highest BCUT2D eigenvalue weighted by Crippen LogP contribution is 2.17. The Labute approximate surface area is 75.1 Å². The quantitative estimate of drug-likeness (QED) is 0.611. The zero-order valence-corrected chi connectivity index (χ0v) is 8.26. The Bertz CT molecular complexity index is 194. The van der Waals surface area contributed by atoms with Crippen LogP contribution in [0.1, 0.15) is 33.6 Å². The van der Waals surface area contributed by atoms with E-state index in [9.17, 15) is 0 Å². The molecule has 0 heterocycles. The van der Waals surface area contributed by atoms with Crippen molar-refractivity contribution in [2.45, 2.75) is 33.6 Å². The molecule has 1 heteroatoms. The number of rotatable bonds is 2. The molecule has 0 fully saturated rings. The molecule has 0 saturated heterocycles. The molecular formula is C11H18O. The second-order valence-electron chi connectivity index (χ2n) is 4.44. The Kier molecular flexibility index (Phi) is 2.96. The molecule has 0 aromatic heterocycles. The summed E-state index contributed by atoms with van der Waals surface area (Å²) < 4.78 is 5.62. The largest absolute Gasteiger partial charge is 0.493 e. The van der Waals surface area contributed by atoms with Crippen LogP contribution in [0.5, 0.6) is 0 Å². The van der Waals surface area contributed by atoms with Gasteiger partial charge in [-0.3, -0.25) is 0 Å². The van der Waals surface area contributed by atoms with Crippen molar-refractivity contribution in [3.05, 3.63) is 24.0 Å². The van der Waals surface area contributed by atoms with E-state index in [0.717, 1.165) is 25.2 Å². The van der Waals surface area contributed by atoms with Crippen molar-refractivity contribution in [2.75, 3.05) is 6.61 Å². The van der Waals surface area contributed by atoms with Gasteiger partial charge in [-0.25, -0.2) is 0 Å². The normalized spacial score (nSPS) is 17.4. The first kappa shape index (κ1) is 9.37. The van der Waals surface area contributed by atoms with Gasteiger partial charge in [0.25, 0.3) is 0 Å². The van der Waals surface area contributed by atoms with Crippen LogP contribution >= 0.6 is 0 Å². The molecule has 0 radical (unpaired) electrons. The van der Waals surface area contributed by atoms with E-state index < -0.39 is 0 Å². The molecule has 0 bridgehead atoms. The summed E-state index contributed by atoms with van der Waals surface area (Å²) in [6.07, 6.45) is 8.66. The van der Waals surface area contributed by atoms with Crippen LogP contribution in [0.25, 0.3) is 0 Å². The van der Waals surface area contributed by atoms with E-state index in [0.29, 0.717) is 0 Å². The minimum absolute atomic E-state index is 0.256. The van der Waals surface area contributed by atoms with Crippen LogP contribution in [0.15, 0.2) is 24.0 Å². The molecule has 12 heavy (non-hydrogen) atoms. The second kappa shape index (κ2) is 3.79. The Hall–Kier alpha value is -0.720. The summed E-state index contributed by atoms with van der Waals surface area (Å²) in [7, 11) is 0. The fraction of sp³-hybridized carbons (Fsp3) is 0.636. The van der Waals surface area contributed by atoms with Gasteiger partial charge in [0.1, 0.15) is 5.76 Å². The number of hydrogen-bond acceptors (Lipinski definition) is 1. The van der Waals surface area contributed by atoms with E-state index in [1.807, 2.05) is 0 Å². The first-order valence-corrected chi connectivity index (χ1v) is 4.57. The van der Waals surface area contributed by atoms with Crippen molar-refractivity contribution in [1.82, 2.24) is 0 Å². The molecule has 0 unspecified atom stereocenters. The van der Waals surface area contributed by atoms with Gasteiger partial charge in [-0.2, -0.15) is 0 Å². The van der Waals surface area contributed by atoms with Crippen molar-refractivity contribution in [1.29, 1.82) is 0 Å². The topological polar surface area (TPSA) is 9.23 Å². The standard InChI is InChI=1S/C11H18O/c1-11(2,3)9-12-10-7-5-4-6-8-10/h5,7-8H,4,6,9H2,1-3H3. The van der Waals surface area contributed by atoms with Gasteiger partial charge in [0.15, 0.2) is 0 Å². The number of allylic oxidation sites excluding steroid dienone is 3. The lowest BCUT2D eigenvalue weighted by atomic mass is 9.98. The van der Waals surface area contributed by atoms with Crippen LogP contribution < -0.4 is 0 Å². The van der Waals surface area contributed by atoms with Crippen LogP contribution in [0, 0.1) is 5.41 Å². The van der Waals surface area contributed by atoms with Crippen LogP contribution in [0.2, 0.25) is 0 Å². The highest BCUT2D eigenvalue weighted by Gasteiger charge is 2.11. The van der Waals surface area contributed by atoms with Crippen LogP contribution in [0.3, 0.4) is 0 Å². The molecule has 0 saturated carbocycles. The van der Waals surface area contributed by atoms with Crippen LogP contribution in [-0.4, -0.2) is 6.61 Å². The molecule has 1 aliphatic carbocycles. The average molecular weight is 166 g/mol. The van der Waals surface area contributed by atoms with Gasteiger partial charge < -0.3 is 4.74 Å². The molecule has 0 atom stereocenters. The molecule has 0 amide bonds. The van der Waals surface area contributed by atoms with Crippen molar-refractivity contribution in [3.8, 4) is 0 Å². The lowest BCUT2D eigenvalue weighted by Gasteiger charge is -2.20. The first-order valence-electron chi connectivity index (χ1n) is 4.57. The molecular weight excluding hydrogens is 148 g/mol. The smallest absolute Gasteiger partial charge is 0.115 e. The fourth-order valence-corrected chi connectivity index (χ4v) is 0.996. The third-order valence-electron chi connectivity index (χ3n) is 1.63. The van der Waals surface area contributed by atoms with Gasteiger partial charge in [0.05, 0.1) is 6.61 Å². The maximum atomic E-state index is 5.62. The van der Waals surface area contributed by atoms with Gasteiger partial charge in [-0.05, 0) is 30.4 Å². The molecule has 0 aromatic rings. The van der Waals surface area contributed by atoms with Crippen molar-refractivity contribution in [2.24, 2.45) is 5.41 Å². The molecule has 0 aromatic carbocycles. The van der Waals surface area contributed by atoms with Gasteiger partial charge >= 0.3 is 0 Å². The summed E-state index contributed by atoms with van der Waals surface area (Å²) in [6, 6.07) is 0. The third kappa shape index (κ3) is 3.61. The van der Waals surface area contributed by atoms with E-state index in [-0.39, 0.29) is 5.41 Å². The van der Waals surface area contributed by atoms with Crippen LogP contribution in [-0.2, 0) is 4.74 Å². The summed E-state index contributed by atoms with van der Waals surface area (Å²) in [6.45, 7) is 7.34. The summed E-state index contributed by atoms with van der Waals surface area (Å²) >= 11 is 0. The number of ether oxygens (including phenoxy) is 1. The van der Waals surface area contributed by atoms with Gasteiger partial charge in [-0.1, -0.05) is 26.8 Å². The Balaban J connectivity index is 2.32. The minimum atomic E-state index is 0.256. The molecule has 0 N–H and O–H groups in total. The van der Waals surface area contributed by atoms with Gasteiger partial charge in [-0.15, -0.1) is 0 Å². The van der Waals surface area contributed by atoms with E-state index in [1.54, 1.807) is 0 Å². The summed E-state index contributed by atoms with van der Waals surface area (Å²) in [5, 5.41) is 0. The fourth-order valence-electron chi connectivity index (χ4n) is 0.996. The third-order valence-corrected chi connectivity index (χ3v) is 1.63. The molecule has 1 aliphatic rings. The predicted octanol–water partition coefficient (Wildman–Crippen LogP) is 3.28. The zero-order chi connectivity index (χ0) is 9.03. The SMILES string of the molecule is CC(C)(C)COC1=CCCC=C1. The summed E-state index contributed by atoms with van der Waals surface area (Å²) in [4.78, 5) is 0. The lowest BCUT2D eigenvalue weighted by molar-refractivity contribution is 0.134. The Morgan fingerprint density at radius 2 is 2.08 bits per heavy atom. The van der Waals surface area contributed by atoms with Gasteiger partial charge in [0.2, 0.25) is 0 Å². The first-order chi connectivity index (χ1) is 5.58. The van der Waals surface area contributed by atoms with Crippen molar-refractivity contribution in [3.63, 3.8) is 0 Å². The maximum absolute atomic E-state index is 5.62.